The molecule has 0 radical (unpaired) electrons. The molecule has 1 N–H and O–H groups in total. The predicted octanol–water partition coefficient (Wildman–Crippen LogP) is 3.82. The predicted molar refractivity (Wildman–Crippen MR) is 97.5 cm³/mol. The SMILES string of the molecule is Cc1csc(-c2cc(NCCc3cccnc3)n3nccc3n2)c1. The average Bonchev–Trinajstić information content (AvgIpc) is 3.24. The monoisotopic (exact) mass is 335 g/mol. The Morgan fingerprint density at radius 2 is 2.17 bits per heavy atom. The number of thiophene rings is 1. The molecule has 0 fully saturated rings. The fourth-order valence-electron chi connectivity index (χ4n) is 2.61. The Labute approximate surface area is 144 Å². The maximum Gasteiger partial charge on any atom is 0.158 e. The molecule has 4 heterocycles. The van der Waals surface area contributed by atoms with Gasteiger partial charge in [0, 0.05) is 31.1 Å². The van der Waals surface area contributed by atoms with Crippen molar-refractivity contribution in [2.24, 2.45) is 0 Å². The van der Waals surface area contributed by atoms with Gasteiger partial charge in [-0.3, -0.25) is 4.98 Å². The largest absolute Gasteiger partial charge is 0.370 e. The number of nitrogens with one attached hydrogen (secondary N) is 1. The second kappa shape index (κ2) is 6.41. The lowest BCUT2D eigenvalue weighted by Crippen LogP contribution is -2.10. The van der Waals surface area contributed by atoms with Gasteiger partial charge in [0.05, 0.1) is 16.8 Å². The normalized spacial score (nSPS) is 11.0. The zero-order valence-corrected chi connectivity index (χ0v) is 14.1. The molecular weight excluding hydrogens is 318 g/mol. The fourth-order valence-corrected chi connectivity index (χ4v) is 3.47. The molecule has 0 saturated heterocycles. The Balaban J connectivity index is 1.60. The number of nitrogens with zero attached hydrogens (tertiary/aromatic N) is 4. The Kier molecular flexibility index (Phi) is 3.96. The van der Waals surface area contributed by atoms with Gasteiger partial charge in [-0.25, -0.2) is 4.98 Å². The van der Waals surface area contributed by atoms with E-state index in [0.717, 1.165) is 30.1 Å². The van der Waals surface area contributed by atoms with Crippen LogP contribution in [-0.4, -0.2) is 26.1 Å². The first-order valence-corrected chi connectivity index (χ1v) is 8.71. The van der Waals surface area contributed by atoms with Gasteiger partial charge in [-0.2, -0.15) is 9.61 Å². The molecule has 4 rings (SSSR count). The van der Waals surface area contributed by atoms with E-state index in [1.54, 1.807) is 23.7 Å². The second-order valence-electron chi connectivity index (χ2n) is 5.65. The van der Waals surface area contributed by atoms with E-state index < -0.39 is 0 Å². The molecule has 0 spiro atoms. The molecule has 6 heteroatoms. The standard InChI is InChI=1S/C18H17N5S/c1-13-9-16(24-12-13)15-10-18(23-17(22-15)5-8-21-23)20-7-4-14-3-2-6-19-11-14/h2-3,5-6,8-12,20H,4,7H2,1H3. The molecule has 0 bridgehead atoms. The van der Waals surface area contributed by atoms with Gasteiger partial charge in [-0.15, -0.1) is 11.3 Å². The van der Waals surface area contributed by atoms with Crippen LogP contribution in [0.2, 0.25) is 0 Å². The topological polar surface area (TPSA) is 55.1 Å². The van der Waals surface area contributed by atoms with Gasteiger partial charge < -0.3 is 5.32 Å². The summed E-state index contributed by atoms with van der Waals surface area (Å²) in [7, 11) is 0. The summed E-state index contributed by atoms with van der Waals surface area (Å²) >= 11 is 1.72. The Bertz CT molecular complexity index is 958. The van der Waals surface area contributed by atoms with Crippen LogP contribution in [0.1, 0.15) is 11.1 Å². The maximum atomic E-state index is 4.71. The van der Waals surface area contributed by atoms with Crippen molar-refractivity contribution in [3.63, 3.8) is 0 Å². The van der Waals surface area contributed by atoms with Crippen LogP contribution in [0, 0.1) is 6.92 Å². The lowest BCUT2D eigenvalue weighted by atomic mass is 10.2. The van der Waals surface area contributed by atoms with Crippen LogP contribution in [0.25, 0.3) is 16.2 Å². The number of aryl methyl sites for hydroxylation is 1. The minimum absolute atomic E-state index is 0.813. The quantitative estimate of drug-likeness (QED) is 0.602. The number of aromatic nitrogens is 4. The first-order valence-electron chi connectivity index (χ1n) is 7.83. The first kappa shape index (κ1) is 14.8. The van der Waals surface area contributed by atoms with Gasteiger partial charge >= 0.3 is 0 Å². The number of rotatable bonds is 5. The highest BCUT2D eigenvalue weighted by Gasteiger charge is 2.09. The van der Waals surface area contributed by atoms with Crippen molar-refractivity contribution in [1.29, 1.82) is 0 Å². The van der Waals surface area contributed by atoms with Crippen molar-refractivity contribution >= 4 is 22.8 Å². The Morgan fingerprint density at radius 3 is 2.96 bits per heavy atom. The van der Waals surface area contributed by atoms with Gasteiger partial charge in [0.15, 0.2) is 5.65 Å². The second-order valence-corrected chi connectivity index (χ2v) is 6.57. The van der Waals surface area contributed by atoms with Crippen LogP contribution in [0.3, 0.4) is 0 Å². The molecule has 0 unspecified atom stereocenters. The maximum absolute atomic E-state index is 4.71. The third-order valence-electron chi connectivity index (χ3n) is 3.78. The fraction of sp³-hybridized carbons (Fsp3) is 0.167. The van der Waals surface area contributed by atoms with Gasteiger partial charge in [0.2, 0.25) is 0 Å². The van der Waals surface area contributed by atoms with Gasteiger partial charge in [0.25, 0.3) is 0 Å². The molecule has 120 valence electrons. The molecule has 4 aromatic heterocycles. The molecular formula is C18H17N5S. The van der Waals surface area contributed by atoms with E-state index in [0.29, 0.717) is 0 Å². The van der Waals surface area contributed by atoms with Crippen LogP contribution in [0.4, 0.5) is 5.82 Å². The van der Waals surface area contributed by atoms with Crippen LogP contribution >= 0.6 is 11.3 Å². The van der Waals surface area contributed by atoms with E-state index in [9.17, 15) is 0 Å². The number of pyridine rings is 1. The molecule has 4 aromatic rings. The summed E-state index contributed by atoms with van der Waals surface area (Å²) in [6, 6.07) is 10.2. The number of hydrogen-bond acceptors (Lipinski definition) is 5. The molecule has 0 aliphatic heterocycles. The smallest absolute Gasteiger partial charge is 0.158 e. The van der Waals surface area contributed by atoms with Crippen molar-refractivity contribution in [3.8, 4) is 10.6 Å². The number of hydrogen-bond donors (Lipinski definition) is 1. The Morgan fingerprint density at radius 1 is 1.21 bits per heavy atom. The summed E-state index contributed by atoms with van der Waals surface area (Å²) in [6.45, 7) is 2.91. The van der Waals surface area contributed by atoms with Crippen molar-refractivity contribution in [2.75, 3.05) is 11.9 Å². The average molecular weight is 335 g/mol. The van der Waals surface area contributed by atoms with Crippen LogP contribution < -0.4 is 5.32 Å². The first-order chi connectivity index (χ1) is 11.8. The van der Waals surface area contributed by atoms with Crippen LogP contribution in [0.5, 0.6) is 0 Å². The van der Waals surface area contributed by atoms with Gasteiger partial charge in [0.1, 0.15) is 5.82 Å². The van der Waals surface area contributed by atoms with Gasteiger partial charge in [-0.05, 0) is 42.0 Å². The molecule has 5 nitrogen and oxygen atoms in total. The van der Waals surface area contributed by atoms with Crippen molar-refractivity contribution in [1.82, 2.24) is 19.6 Å². The highest BCUT2D eigenvalue weighted by atomic mass is 32.1. The lowest BCUT2D eigenvalue weighted by molar-refractivity contribution is 0.913. The lowest BCUT2D eigenvalue weighted by Gasteiger charge is -2.10. The molecule has 0 aromatic carbocycles. The third kappa shape index (κ3) is 3.00. The van der Waals surface area contributed by atoms with Gasteiger partial charge in [-0.1, -0.05) is 6.07 Å². The van der Waals surface area contributed by atoms with E-state index in [1.807, 2.05) is 22.8 Å². The van der Waals surface area contributed by atoms with Crippen LogP contribution in [0.15, 0.2) is 54.3 Å². The Hall–Kier alpha value is -2.73. The molecule has 0 aliphatic carbocycles. The zero-order chi connectivity index (χ0) is 16.4. The molecule has 0 amide bonds. The minimum Gasteiger partial charge on any atom is -0.370 e. The zero-order valence-electron chi connectivity index (χ0n) is 13.3. The number of anilines is 1. The highest BCUT2D eigenvalue weighted by molar-refractivity contribution is 7.13. The molecule has 24 heavy (non-hydrogen) atoms. The van der Waals surface area contributed by atoms with Crippen molar-refractivity contribution < 1.29 is 0 Å². The number of fused-ring (bicyclic) bond motifs is 1. The van der Waals surface area contributed by atoms with E-state index in [2.05, 4.69) is 45.9 Å². The molecule has 0 aliphatic rings. The third-order valence-corrected chi connectivity index (χ3v) is 4.86. The highest BCUT2D eigenvalue weighted by Crippen LogP contribution is 2.28. The molecule has 0 atom stereocenters. The summed E-state index contributed by atoms with van der Waals surface area (Å²) in [5.74, 6) is 0.954. The van der Waals surface area contributed by atoms with Crippen molar-refractivity contribution in [2.45, 2.75) is 13.3 Å². The van der Waals surface area contributed by atoms with E-state index in [1.165, 1.54) is 16.0 Å². The summed E-state index contributed by atoms with van der Waals surface area (Å²) in [4.78, 5) is 10.0. The summed E-state index contributed by atoms with van der Waals surface area (Å²) in [5, 5.41) is 9.99. The molecule has 0 saturated carbocycles. The summed E-state index contributed by atoms with van der Waals surface area (Å²) < 4.78 is 1.84. The van der Waals surface area contributed by atoms with E-state index >= 15 is 0 Å². The van der Waals surface area contributed by atoms with Crippen molar-refractivity contribution in [3.05, 3.63) is 65.4 Å². The minimum atomic E-state index is 0.813. The summed E-state index contributed by atoms with van der Waals surface area (Å²) in [5.41, 5.74) is 4.30. The van der Waals surface area contributed by atoms with Crippen LogP contribution in [-0.2, 0) is 6.42 Å². The van der Waals surface area contributed by atoms with E-state index in [-0.39, 0.29) is 0 Å². The summed E-state index contributed by atoms with van der Waals surface area (Å²) in [6.07, 6.45) is 6.38. The van der Waals surface area contributed by atoms with E-state index in [4.69, 9.17) is 4.98 Å².